The van der Waals surface area contributed by atoms with Gasteiger partial charge in [-0.05, 0) is 19.1 Å². The molecule has 0 atom stereocenters. The Bertz CT molecular complexity index is 1430. The zero-order valence-electron chi connectivity index (χ0n) is 21.4. The highest BCUT2D eigenvalue weighted by Gasteiger charge is 2.23. The van der Waals surface area contributed by atoms with Crippen molar-refractivity contribution in [2.24, 2.45) is 0 Å². The summed E-state index contributed by atoms with van der Waals surface area (Å²) in [7, 11) is 1.58. The molecule has 4 N–H and O–H groups in total. The highest BCUT2D eigenvalue weighted by atomic mass is 16.5. The zero-order valence-corrected chi connectivity index (χ0v) is 21.4. The molecule has 0 unspecified atom stereocenters. The molecule has 0 aliphatic carbocycles. The molecule has 13 nitrogen and oxygen atoms in total. The van der Waals surface area contributed by atoms with Crippen LogP contribution >= 0.6 is 0 Å². The molecular formula is C25H31N9O4. The molecule has 200 valence electrons. The summed E-state index contributed by atoms with van der Waals surface area (Å²) >= 11 is 0. The number of carbonyl (C=O) groups excluding carboxylic acids is 1. The van der Waals surface area contributed by atoms with Crippen LogP contribution in [0.1, 0.15) is 27.4 Å². The van der Waals surface area contributed by atoms with Gasteiger partial charge in [-0.25, -0.2) is 4.98 Å². The Hall–Kier alpha value is -4.23. The van der Waals surface area contributed by atoms with Crippen molar-refractivity contribution in [3.05, 3.63) is 53.0 Å². The van der Waals surface area contributed by atoms with E-state index in [1.807, 2.05) is 30.0 Å². The molecule has 1 fully saturated rings. The number of anilines is 2. The van der Waals surface area contributed by atoms with E-state index < -0.39 is 0 Å². The molecule has 5 rings (SSSR count). The van der Waals surface area contributed by atoms with E-state index in [-0.39, 0.29) is 18.5 Å². The number of amides is 1. The van der Waals surface area contributed by atoms with Crippen LogP contribution in [0.3, 0.4) is 0 Å². The number of fused-ring (bicyclic) bond motifs is 1. The molecule has 0 saturated carbocycles. The van der Waals surface area contributed by atoms with Gasteiger partial charge in [0.1, 0.15) is 28.2 Å². The van der Waals surface area contributed by atoms with Gasteiger partial charge in [0.15, 0.2) is 5.82 Å². The van der Waals surface area contributed by atoms with Crippen LogP contribution in [0.25, 0.3) is 11.0 Å². The predicted molar refractivity (Wildman–Crippen MR) is 140 cm³/mol. The van der Waals surface area contributed by atoms with E-state index in [2.05, 4.69) is 30.4 Å². The van der Waals surface area contributed by atoms with Crippen molar-refractivity contribution in [1.29, 1.82) is 0 Å². The topological polar surface area (TPSA) is 161 Å². The number of carbonyl (C=O) groups is 1. The minimum Gasteiger partial charge on any atom is -0.496 e. The number of hydrogen-bond donors (Lipinski definition) is 3. The first-order chi connectivity index (χ1) is 18.4. The van der Waals surface area contributed by atoms with E-state index in [4.69, 9.17) is 20.1 Å². The van der Waals surface area contributed by atoms with Crippen molar-refractivity contribution in [1.82, 2.24) is 34.7 Å². The Balaban J connectivity index is 1.36. The van der Waals surface area contributed by atoms with Crippen LogP contribution < -0.4 is 15.8 Å². The first-order valence-corrected chi connectivity index (χ1v) is 12.4. The van der Waals surface area contributed by atoms with Gasteiger partial charge in [0.05, 0.1) is 33.0 Å². The summed E-state index contributed by atoms with van der Waals surface area (Å²) in [6.45, 7) is 6.06. The number of ether oxygens (including phenoxy) is 1. The number of β-amino-alcohol motifs (C(OH)–C–C–N with tert-alkyl or cyclic N) is 1. The largest absolute Gasteiger partial charge is 0.496 e. The Morgan fingerprint density at radius 1 is 1.21 bits per heavy atom. The fraction of sp³-hybridized carbons (Fsp3) is 0.400. The fourth-order valence-electron chi connectivity index (χ4n) is 4.60. The molecule has 0 spiro atoms. The maximum Gasteiger partial charge on any atom is 0.254 e. The lowest BCUT2D eigenvalue weighted by molar-refractivity contribution is 0.0614. The van der Waals surface area contributed by atoms with E-state index in [0.29, 0.717) is 60.9 Å². The molecule has 1 aliphatic heterocycles. The molecular weight excluding hydrogens is 490 g/mol. The van der Waals surface area contributed by atoms with E-state index >= 15 is 0 Å². The molecule has 38 heavy (non-hydrogen) atoms. The molecule has 3 aromatic heterocycles. The lowest BCUT2D eigenvalue weighted by Crippen LogP contribution is -2.49. The van der Waals surface area contributed by atoms with Gasteiger partial charge >= 0.3 is 0 Å². The first kappa shape index (κ1) is 25.4. The van der Waals surface area contributed by atoms with Crippen LogP contribution in [0.5, 0.6) is 5.75 Å². The second-order valence-corrected chi connectivity index (χ2v) is 9.13. The number of nitrogens with two attached hydrogens (primary N) is 1. The van der Waals surface area contributed by atoms with E-state index in [1.165, 1.54) is 0 Å². The van der Waals surface area contributed by atoms with Gasteiger partial charge in [-0.2, -0.15) is 10.1 Å². The molecule has 1 aromatic carbocycles. The standard InChI is InChI=1S/C25H31N9O4/c1-16-11-19(31-38-16)13-27-23-22-20(29-25(26)30-23)14-28-34(22)15-18-4-3-17(12-21(18)37-2)24(36)33-7-5-32(6-8-33)9-10-35/h3-4,11-12,14,35H,5-10,13,15H2,1-2H3,(H3,26,27,29,30). The molecule has 1 aliphatic rings. The SMILES string of the molecule is COc1cc(C(=O)N2CCN(CCO)CC2)ccc1Cn1ncc2nc(N)nc(NCc3cc(C)on3)c21. The molecule has 4 heterocycles. The quantitative estimate of drug-likeness (QED) is 0.289. The third kappa shape index (κ3) is 5.38. The second kappa shape index (κ2) is 11.0. The zero-order chi connectivity index (χ0) is 26.6. The van der Waals surface area contributed by atoms with E-state index in [0.717, 1.165) is 30.1 Å². The number of nitrogen functional groups attached to an aromatic ring is 1. The third-order valence-electron chi connectivity index (χ3n) is 6.55. The summed E-state index contributed by atoms with van der Waals surface area (Å²) < 4.78 is 12.6. The number of benzene rings is 1. The summed E-state index contributed by atoms with van der Waals surface area (Å²) in [6, 6.07) is 7.30. The Morgan fingerprint density at radius 3 is 2.74 bits per heavy atom. The third-order valence-corrected chi connectivity index (χ3v) is 6.55. The normalized spacial score (nSPS) is 14.2. The summed E-state index contributed by atoms with van der Waals surface area (Å²) in [5, 5.41) is 20.9. The number of nitrogens with one attached hydrogen (secondary N) is 1. The highest BCUT2D eigenvalue weighted by molar-refractivity contribution is 5.95. The number of rotatable bonds is 9. The Labute approximate surface area is 219 Å². The monoisotopic (exact) mass is 521 g/mol. The first-order valence-electron chi connectivity index (χ1n) is 12.4. The van der Waals surface area contributed by atoms with Gasteiger partial charge in [0.2, 0.25) is 5.95 Å². The maximum absolute atomic E-state index is 13.1. The van der Waals surface area contributed by atoms with Crippen molar-refractivity contribution >= 4 is 28.7 Å². The van der Waals surface area contributed by atoms with E-state index in [9.17, 15) is 4.79 Å². The fourth-order valence-corrected chi connectivity index (χ4v) is 4.60. The molecule has 0 bridgehead atoms. The van der Waals surface area contributed by atoms with Gasteiger partial charge in [0, 0.05) is 49.9 Å². The second-order valence-electron chi connectivity index (χ2n) is 9.13. The van der Waals surface area contributed by atoms with Crippen LogP contribution in [0.4, 0.5) is 11.8 Å². The lowest BCUT2D eigenvalue weighted by atomic mass is 10.1. The lowest BCUT2D eigenvalue weighted by Gasteiger charge is -2.34. The average Bonchev–Trinajstić information content (AvgIpc) is 3.53. The van der Waals surface area contributed by atoms with Gasteiger partial charge in [-0.15, -0.1) is 0 Å². The number of nitrogens with zero attached hydrogens (tertiary/aromatic N) is 7. The molecule has 13 heteroatoms. The number of piperazine rings is 1. The molecule has 1 amide bonds. The van der Waals surface area contributed by atoms with E-state index in [1.54, 1.807) is 24.1 Å². The number of methoxy groups -OCH3 is 1. The van der Waals surface area contributed by atoms with Crippen molar-refractivity contribution in [3.63, 3.8) is 0 Å². The minimum atomic E-state index is -0.0403. The average molecular weight is 522 g/mol. The van der Waals surface area contributed by atoms with Gasteiger partial charge in [0.25, 0.3) is 5.91 Å². The van der Waals surface area contributed by atoms with Crippen LogP contribution in [0.15, 0.2) is 35.0 Å². The smallest absolute Gasteiger partial charge is 0.254 e. The van der Waals surface area contributed by atoms with Gasteiger partial charge < -0.3 is 30.3 Å². The highest BCUT2D eigenvalue weighted by Crippen LogP contribution is 2.27. The van der Waals surface area contributed by atoms with Crippen molar-refractivity contribution in [2.75, 3.05) is 57.5 Å². The number of aromatic nitrogens is 5. The summed E-state index contributed by atoms with van der Waals surface area (Å²) in [4.78, 5) is 25.8. The van der Waals surface area contributed by atoms with Crippen LogP contribution in [0.2, 0.25) is 0 Å². The molecule has 4 aromatic rings. The van der Waals surface area contributed by atoms with Crippen LogP contribution in [-0.4, -0.2) is 92.2 Å². The number of aryl methyl sites for hydroxylation is 1. The van der Waals surface area contributed by atoms with Crippen LogP contribution in [0, 0.1) is 6.92 Å². The van der Waals surface area contributed by atoms with Crippen molar-refractivity contribution in [3.8, 4) is 5.75 Å². The van der Waals surface area contributed by atoms with Crippen molar-refractivity contribution < 1.29 is 19.2 Å². The predicted octanol–water partition coefficient (Wildman–Crippen LogP) is 1.12. The Morgan fingerprint density at radius 2 is 2.03 bits per heavy atom. The molecule has 1 saturated heterocycles. The summed E-state index contributed by atoms with van der Waals surface area (Å²) in [5.41, 5.74) is 9.35. The van der Waals surface area contributed by atoms with Gasteiger partial charge in [-0.3, -0.25) is 14.4 Å². The Kier molecular flexibility index (Phi) is 7.38. The summed E-state index contributed by atoms with van der Waals surface area (Å²) in [5.74, 6) is 1.92. The minimum absolute atomic E-state index is 0.0403. The van der Waals surface area contributed by atoms with Crippen molar-refractivity contribution in [2.45, 2.75) is 20.0 Å². The number of aliphatic hydroxyl groups excluding tert-OH is 1. The van der Waals surface area contributed by atoms with Crippen LogP contribution in [-0.2, 0) is 13.1 Å². The number of hydrogen-bond acceptors (Lipinski definition) is 11. The van der Waals surface area contributed by atoms with Gasteiger partial charge in [-0.1, -0.05) is 11.2 Å². The number of aliphatic hydroxyl groups is 1. The molecule has 0 radical (unpaired) electrons. The summed E-state index contributed by atoms with van der Waals surface area (Å²) in [6.07, 6.45) is 1.64. The maximum atomic E-state index is 13.1.